The summed E-state index contributed by atoms with van der Waals surface area (Å²) >= 11 is 0. The molecule has 3 heteroatoms. The van der Waals surface area contributed by atoms with Crippen molar-refractivity contribution in [3.05, 3.63) is 24.4 Å². The summed E-state index contributed by atoms with van der Waals surface area (Å²) in [6.07, 6.45) is 4.25. The van der Waals surface area contributed by atoms with Gasteiger partial charge in [-0.25, -0.2) is 4.98 Å². The Morgan fingerprint density at radius 3 is 3.23 bits per heavy atom. The van der Waals surface area contributed by atoms with E-state index >= 15 is 0 Å². The van der Waals surface area contributed by atoms with Crippen LogP contribution in [0, 0.1) is 0 Å². The Bertz CT molecular complexity index is 244. The van der Waals surface area contributed by atoms with Gasteiger partial charge in [-0.15, -0.1) is 0 Å². The fraction of sp³-hybridized carbons (Fsp3) is 0.500. The summed E-state index contributed by atoms with van der Waals surface area (Å²) in [6, 6.07) is 5.64. The van der Waals surface area contributed by atoms with E-state index in [1.54, 1.807) is 6.20 Å². The first-order valence-electron chi connectivity index (χ1n) is 4.60. The lowest BCUT2D eigenvalue weighted by atomic mass is 10.2. The van der Waals surface area contributed by atoms with Crippen LogP contribution in [0.3, 0.4) is 0 Å². The third-order valence-corrected chi connectivity index (χ3v) is 2.08. The van der Waals surface area contributed by atoms with Crippen LogP contribution in [0.4, 0.5) is 0 Å². The van der Waals surface area contributed by atoms with Crippen LogP contribution < -0.4 is 4.74 Å². The Morgan fingerprint density at radius 1 is 1.54 bits per heavy atom. The number of nitrogens with zero attached hydrogens (tertiary/aromatic N) is 1. The molecule has 1 aromatic rings. The molecule has 1 saturated heterocycles. The van der Waals surface area contributed by atoms with Gasteiger partial charge in [0.25, 0.3) is 0 Å². The van der Waals surface area contributed by atoms with Gasteiger partial charge >= 0.3 is 0 Å². The molecule has 1 aromatic heterocycles. The van der Waals surface area contributed by atoms with Crippen LogP contribution in [0.1, 0.15) is 12.8 Å². The van der Waals surface area contributed by atoms with Crippen molar-refractivity contribution < 1.29 is 9.47 Å². The van der Waals surface area contributed by atoms with Gasteiger partial charge in [0.1, 0.15) is 6.61 Å². The number of aromatic nitrogens is 1. The molecule has 0 aliphatic carbocycles. The summed E-state index contributed by atoms with van der Waals surface area (Å²) in [4.78, 5) is 4.06. The molecule has 1 fully saturated rings. The molecule has 0 radical (unpaired) electrons. The van der Waals surface area contributed by atoms with Crippen molar-refractivity contribution in [2.24, 2.45) is 0 Å². The van der Waals surface area contributed by atoms with Gasteiger partial charge in [0.2, 0.25) is 5.88 Å². The summed E-state index contributed by atoms with van der Waals surface area (Å²) in [5.74, 6) is 0.679. The smallest absolute Gasteiger partial charge is 0.213 e. The molecule has 13 heavy (non-hydrogen) atoms. The highest BCUT2D eigenvalue weighted by Crippen LogP contribution is 2.13. The molecule has 2 heterocycles. The SMILES string of the molecule is c1ccc(OC[C@H]2CCCO2)nc1. The van der Waals surface area contributed by atoms with Gasteiger partial charge in [-0.2, -0.15) is 0 Å². The molecule has 0 aromatic carbocycles. The highest BCUT2D eigenvalue weighted by Gasteiger charge is 2.15. The highest BCUT2D eigenvalue weighted by atomic mass is 16.5. The lowest BCUT2D eigenvalue weighted by molar-refractivity contribution is 0.0663. The van der Waals surface area contributed by atoms with Crippen LogP contribution in [0.25, 0.3) is 0 Å². The predicted molar refractivity (Wildman–Crippen MR) is 48.7 cm³/mol. The zero-order valence-corrected chi connectivity index (χ0v) is 7.48. The van der Waals surface area contributed by atoms with Gasteiger partial charge < -0.3 is 9.47 Å². The van der Waals surface area contributed by atoms with Crippen LogP contribution in [-0.4, -0.2) is 24.3 Å². The predicted octanol–water partition coefficient (Wildman–Crippen LogP) is 1.64. The van der Waals surface area contributed by atoms with E-state index in [2.05, 4.69) is 4.98 Å². The normalized spacial score (nSPS) is 21.7. The second-order valence-corrected chi connectivity index (χ2v) is 3.11. The molecule has 3 nitrogen and oxygen atoms in total. The lowest BCUT2D eigenvalue weighted by Gasteiger charge is -2.09. The van der Waals surface area contributed by atoms with E-state index in [-0.39, 0.29) is 6.10 Å². The Labute approximate surface area is 77.7 Å². The van der Waals surface area contributed by atoms with Gasteiger partial charge in [0.05, 0.1) is 6.10 Å². The zero-order valence-electron chi connectivity index (χ0n) is 7.48. The molecule has 2 rings (SSSR count). The molecule has 1 aliphatic rings. The third-order valence-electron chi connectivity index (χ3n) is 2.08. The number of hydrogen-bond donors (Lipinski definition) is 0. The Morgan fingerprint density at radius 2 is 2.54 bits per heavy atom. The van der Waals surface area contributed by atoms with Crippen molar-refractivity contribution in [1.29, 1.82) is 0 Å². The van der Waals surface area contributed by atoms with E-state index in [1.807, 2.05) is 18.2 Å². The molecule has 1 atom stereocenters. The van der Waals surface area contributed by atoms with Gasteiger partial charge in [-0.05, 0) is 18.9 Å². The first kappa shape index (κ1) is 8.51. The highest BCUT2D eigenvalue weighted by molar-refractivity contribution is 5.09. The Kier molecular flexibility index (Phi) is 2.77. The average molecular weight is 179 g/mol. The minimum Gasteiger partial charge on any atom is -0.475 e. The largest absolute Gasteiger partial charge is 0.475 e. The molecule has 0 N–H and O–H groups in total. The van der Waals surface area contributed by atoms with E-state index in [9.17, 15) is 0 Å². The molecule has 0 amide bonds. The van der Waals surface area contributed by atoms with E-state index in [0.717, 1.165) is 19.4 Å². The number of hydrogen-bond acceptors (Lipinski definition) is 3. The van der Waals surface area contributed by atoms with Crippen molar-refractivity contribution >= 4 is 0 Å². The summed E-state index contributed by atoms with van der Waals surface area (Å²) in [7, 11) is 0. The van der Waals surface area contributed by atoms with E-state index in [0.29, 0.717) is 12.5 Å². The standard InChI is InChI=1S/C10H13NO2/c1-2-6-11-10(5-1)13-8-9-4-3-7-12-9/h1-2,5-6,9H,3-4,7-8H2/t9-/m1/s1. The van der Waals surface area contributed by atoms with Crippen LogP contribution in [0.2, 0.25) is 0 Å². The van der Waals surface area contributed by atoms with Crippen molar-refractivity contribution in [2.45, 2.75) is 18.9 Å². The third kappa shape index (κ3) is 2.42. The molecular weight excluding hydrogens is 166 g/mol. The first-order chi connectivity index (χ1) is 6.45. The van der Waals surface area contributed by atoms with Gasteiger partial charge in [-0.3, -0.25) is 0 Å². The number of ether oxygens (including phenoxy) is 2. The van der Waals surface area contributed by atoms with Crippen LogP contribution in [0.5, 0.6) is 5.88 Å². The number of rotatable bonds is 3. The second kappa shape index (κ2) is 4.23. The Balaban J connectivity index is 1.79. The molecule has 0 saturated carbocycles. The van der Waals surface area contributed by atoms with E-state index in [1.165, 1.54) is 0 Å². The summed E-state index contributed by atoms with van der Waals surface area (Å²) in [5, 5.41) is 0. The van der Waals surface area contributed by atoms with Gasteiger partial charge in [0, 0.05) is 18.9 Å². The monoisotopic (exact) mass is 179 g/mol. The molecule has 0 spiro atoms. The minimum atomic E-state index is 0.266. The maximum absolute atomic E-state index is 5.45. The molecule has 70 valence electrons. The summed E-state index contributed by atoms with van der Waals surface area (Å²) in [5.41, 5.74) is 0. The fourth-order valence-corrected chi connectivity index (χ4v) is 1.39. The van der Waals surface area contributed by atoms with Crippen LogP contribution in [0.15, 0.2) is 24.4 Å². The topological polar surface area (TPSA) is 31.4 Å². The average Bonchev–Trinajstić information content (AvgIpc) is 2.69. The van der Waals surface area contributed by atoms with Crippen LogP contribution in [-0.2, 0) is 4.74 Å². The van der Waals surface area contributed by atoms with Gasteiger partial charge in [-0.1, -0.05) is 6.07 Å². The quantitative estimate of drug-likeness (QED) is 0.706. The molecule has 1 aliphatic heterocycles. The van der Waals surface area contributed by atoms with Gasteiger partial charge in [0.15, 0.2) is 0 Å². The van der Waals surface area contributed by atoms with Crippen molar-refractivity contribution in [3.8, 4) is 5.88 Å². The Hall–Kier alpha value is -1.09. The van der Waals surface area contributed by atoms with Crippen LogP contribution >= 0.6 is 0 Å². The lowest BCUT2D eigenvalue weighted by Crippen LogP contribution is -2.16. The maximum Gasteiger partial charge on any atom is 0.213 e. The van der Waals surface area contributed by atoms with Crippen molar-refractivity contribution in [2.75, 3.05) is 13.2 Å². The summed E-state index contributed by atoms with van der Waals surface area (Å²) in [6.45, 7) is 1.49. The minimum absolute atomic E-state index is 0.266. The van der Waals surface area contributed by atoms with E-state index in [4.69, 9.17) is 9.47 Å². The maximum atomic E-state index is 5.45. The van der Waals surface area contributed by atoms with Crippen molar-refractivity contribution in [1.82, 2.24) is 4.98 Å². The van der Waals surface area contributed by atoms with E-state index < -0.39 is 0 Å². The summed E-state index contributed by atoms with van der Waals surface area (Å²) < 4.78 is 10.9. The molecule has 0 bridgehead atoms. The molecule has 0 unspecified atom stereocenters. The zero-order chi connectivity index (χ0) is 8.93. The number of pyridine rings is 1. The molecular formula is C10H13NO2. The van der Waals surface area contributed by atoms with Crippen molar-refractivity contribution in [3.63, 3.8) is 0 Å². The fourth-order valence-electron chi connectivity index (χ4n) is 1.39. The second-order valence-electron chi connectivity index (χ2n) is 3.11. The first-order valence-corrected chi connectivity index (χ1v) is 4.60.